The summed E-state index contributed by atoms with van der Waals surface area (Å²) >= 11 is 6.48. The summed E-state index contributed by atoms with van der Waals surface area (Å²) in [5.74, 6) is 0.911. The lowest BCUT2D eigenvalue weighted by atomic mass is 9.48. The number of carbonyl (C=O) groups is 3. The number of imidazole rings is 1. The minimum Gasteiger partial charge on any atom is -0.467 e. The van der Waals surface area contributed by atoms with Gasteiger partial charge in [0.2, 0.25) is 5.91 Å². The van der Waals surface area contributed by atoms with Gasteiger partial charge in [-0.15, -0.1) is 0 Å². The average molecular weight is 796 g/mol. The van der Waals surface area contributed by atoms with Crippen LogP contribution in [0.2, 0.25) is 5.02 Å². The monoisotopic (exact) mass is 795 g/mol. The number of piperidine rings is 1. The van der Waals surface area contributed by atoms with Crippen molar-refractivity contribution in [1.82, 2.24) is 29.4 Å². The van der Waals surface area contributed by atoms with Crippen LogP contribution in [-0.4, -0.2) is 113 Å². The number of nitrogens with one attached hydrogen (secondary N) is 1. The number of rotatable bonds is 9. The van der Waals surface area contributed by atoms with Crippen molar-refractivity contribution in [1.29, 1.82) is 5.26 Å². The average Bonchev–Trinajstić information content (AvgIpc) is 3.60. The van der Waals surface area contributed by atoms with Gasteiger partial charge in [-0.05, 0) is 43.4 Å². The molecule has 0 bridgehead atoms. The number of hydrogen-bond donors (Lipinski definition) is 2. The summed E-state index contributed by atoms with van der Waals surface area (Å²) in [5.41, 5.74) is 6.74. The Morgan fingerprint density at radius 1 is 1.04 bits per heavy atom. The maximum absolute atomic E-state index is 12.6. The molecule has 0 radical (unpaired) electrons. The van der Waals surface area contributed by atoms with E-state index in [0.29, 0.717) is 40.2 Å². The van der Waals surface area contributed by atoms with Gasteiger partial charge in [0.05, 0.1) is 22.4 Å². The van der Waals surface area contributed by atoms with Crippen LogP contribution in [0.25, 0.3) is 5.65 Å². The summed E-state index contributed by atoms with van der Waals surface area (Å²) in [6, 6.07) is 11.0. The lowest BCUT2D eigenvalue weighted by Crippen LogP contribution is -2.79. The molecule has 8 rings (SSSR count). The maximum atomic E-state index is 12.6. The number of piperazine rings is 1. The minimum atomic E-state index is -0.924. The summed E-state index contributed by atoms with van der Waals surface area (Å²) < 4.78 is 8.93. The highest BCUT2D eigenvalue weighted by molar-refractivity contribution is 6.31. The topological polar surface area (TPSA) is 168 Å². The molecule has 4 aliphatic heterocycles. The molecule has 15 nitrogen and oxygen atoms in total. The van der Waals surface area contributed by atoms with E-state index in [2.05, 4.69) is 75.8 Å². The van der Waals surface area contributed by atoms with Crippen molar-refractivity contribution >= 4 is 52.8 Å². The Morgan fingerprint density at radius 2 is 1.77 bits per heavy atom. The van der Waals surface area contributed by atoms with Crippen LogP contribution in [0, 0.1) is 28.1 Å². The molecule has 4 fully saturated rings. The third-order valence-corrected chi connectivity index (χ3v) is 12.9. The molecule has 1 aromatic carbocycles. The lowest BCUT2D eigenvalue weighted by Gasteiger charge is -2.70. The van der Waals surface area contributed by atoms with Gasteiger partial charge >= 0.3 is 6.03 Å². The Hall–Kier alpha value is -5.17. The second-order valence-electron chi connectivity index (χ2n) is 17.2. The molecule has 3 aromatic rings. The fourth-order valence-corrected chi connectivity index (χ4v) is 10.4. The van der Waals surface area contributed by atoms with Gasteiger partial charge in [0.1, 0.15) is 23.3 Å². The second kappa shape index (κ2) is 14.6. The summed E-state index contributed by atoms with van der Waals surface area (Å²) in [7, 11) is 0. The minimum absolute atomic E-state index is 0.260. The van der Waals surface area contributed by atoms with Gasteiger partial charge < -0.3 is 20.3 Å². The molecule has 2 aromatic heterocycles. The number of pyridine rings is 1. The predicted octanol–water partition coefficient (Wildman–Crippen LogP) is 4.41. The highest BCUT2D eigenvalue weighted by Gasteiger charge is 2.72. The summed E-state index contributed by atoms with van der Waals surface area (Å²) in [5, 5.41) is 12.2. The van der Waals surface area contributed by atoms with E-state index in [1.807, 2.05) is 16.8 Å². The zero-order valence-electron chi connectivity index (χ0n) is 32.9. The molecule has 57 heavy (non-hydrogen) atoms. The first-order valence-electron chi connectivity index (χ1n) is 19.7. The fourth-order valence-electron chi connectivity index (χ4n) is 10.2. The molecule has 1 aliphatic carbocycles. The van der Waals surface area contributed by atoms with Gasteiger partial charge in [-0.1, -0.05) is 39.3 Å². The number of halogens is 1. The van der Waals surface area contributed by atoms with E-state index in [9.17, 15) is 19.6 Å². The van der Waals surface area contributed by atoms with Crippen molar-refractivity contribution in [2.24, 2.45) is 27.5 Å². The normalized spacial score (nSPS) is 23.8. The number of ether oxygens (including phenoxy) is 1. The molecule has 6 heterocycles. The van der Waals surface area contributed by atoms with E-state index in [0.717, 1.165) is 76.4 Å². The number of carbonyl (C=O) groups excluding carboxylic acids is 3. The standard InChI is InChI=1S/C41H50ClN11O4/c1-39(2)26-40(3,4)41(39,57-31-6-5-28(21-43)32(42)20-31)53-25-29(36(44)55)22-46-37(53)50-11-7-27(8-12-50)24-48-15-17-49(18-16-48)30-9-13-51-33(19-30)45-23-35(51)52-14-10-34(54)47-38(52)56/h5-6,9,13,19-20,22-23,25,27,37H,7-8,10-12,14-18,24,26H2,1-4H3,(H2,44,55)(H,47,54,56). The van der Waals surface area contributed by atoms with Crippen LogP contribution in [0.15, 0.2) is 59.5 Å². The number of amides is 4. The Kier molecular flexibility index (Phi) is 9.94. The quantitative estimate of drug-likeness (QED) is 0.317. The van der Waals surface area contributed by atoms with E-state index in [1.165, 1.54) is 0 Å². The molecule has 1 atom stereocenters. The van der Waals surface area contributed by atoms with Gasteiger partial charge in [0.25, 0.3) is 5.91 Å². The van der Waals surface area contributed by atoms with E-state index in [4.69, 9.17) is 27.1 Å². The number of urea groups is 1. The molecule has 3 saturated heterocycles. The number of likely N-dealkylation sites (tertiary alicyclic amines) is 1. The van der Waals surface area contributed by atoms with E-state index in [1.54, 1.807) is 35.5 Å². The van der Waals surface area contributed by atoms with Gasteiger partial charge in [-0.3, -0.25) is 39.0 Å². The second-order valence-corrected chi connectivity index (χ2v) is 17.6. The molecular formula is C41H50ClN11O4. The van der Waals surface area contributed by atoms with Gasteiger partial charge in [-0.25, -0.2) is 9.78 Å². The number of benzene rings is 1. The van der Waals surface area contributed by atoms with Gasteiger partial charge in [-0.2, -0.15) is 5.26 Å². The number of hydrogen-bond acceptors (Lipinski definition) is 11. The van der Waals surface area contributed by atoms with Gasteiger partial charge in [0, 0.05) is 106 Å². The lowest BCUT2D eigenvalue weighted by molar-refractivity contribution is -0.314. The first kappa shape index (κ1) is 38.7. The number of fused-ring (bicyclic) bond motifs is 1. The maximum Gasteiger partial charge on any atom is 0.329 e. The molecule has 1 unspecified atom stereocenters. The fraction of sp³-hybridized carbons (Fsp3) is 0.512. The number of nitrogens with two attached hydrogens (primary N) is 1. The summed E-state index contributed by atoms with van der Waals surface area (Å²) in [6.07, 6.45) is 9.81. The van der Waals surface area contributed by atoms with Crippen LogP contribution in [0.5, 0.6) is 5.75 Å². The van der Waals surface area contributed by atoms with E-state index < -0.39 is 24.0 Å². The number of nitriles is 1. The van der Waals surface area contributed by atoms with Crippen molar-refractivity contribution in [2.75, 3.05) is 62.2 Å². The number of imide groups is 1. The molecule has 4 amide bonds. The van der Waals surface area contributed by atoms with Gasteiger partial charge in [0.15, 0.2) is 12.0 Å². The molecule has 3 N–H and O–H groups in total. The van der Waals surface area contributed by atoms with Crippen molar-refractivity contribution in [3.05, 3.63) is 65.1 Å². The molecule has 0 spiro atoms. The Morgan fingerprint density at radius 3 is 2.42 bits per heavy atom. The van der Waals surface area contributed by atoms with Crippen LogP contribution in [-0.2, 0) is 9.59 Å². The number of aliphatic imine (C=N–C) groups is 1. The zero-order chi connectivity index (χ0) is 40.3. The Bertz CT molecular complexity index is 2180. The zero-order valence-corrected chi connectivity index (χ0v) is 33.7. The van der Waals surface area contributed by atoms with Crippen LogP contribution >= 0.6 is 11.6 Å². The van der Waals surface area contributed by atoms with Crippen molar-refractivity contribution in [3.8, 4) is 11.8 Å². The van der Waals surface area contributed by atoms with Crippen molar-refractivity contribution in [2.45, 2.75) is 65.4 Å². The highest BCUT2D eigenvalue weighted by Crippen LogP contribution is 2.65. The number of aromatic nitrogens is 2. The van der Waals surface area contributed by atoms with Crippen molar-refractivity contribution in [3.63, 3.8) is 0 Å². The Balaban J connectivity index is 0.915. The molecule has 16 heteroatoms. The molecular weight excluding hydrogens is 746 g/mol. The highest BCUT2D eigenvalue weighted by atomic mass is 35.5. The number of primary amides is 1. The molecule has 1 saturated carbocycles. The first-order chi connectivity index (χ1) is 27.2. The smallest absolute Gasteiger partial charge is 0.329 e. The largest absolute Gasteiger partial charge is 0.467 e. The molecule has 300 valence electrons. The predicted molar refractivity (Wildman–Crippen MR) is 217 cm³/mol. The number of nitrogens with zero attached hydrogens (tertiary/aromatic N) is 9. The van der Waals surface area contributed by atoms with E-state index >= 15 is 0 Å². The van der Waals surface area contributed by atoms with Crippen LogP contribution < -0.4 is 25.6 Å². The first-order valence-corrected chi connectivity index (χ1v) is 20.1. The van der Waals surface area contributed by atoms with E-state index in [-0.39, 0.29) is 23.2 Å². The molecule has 5 aliphatic rings. The number of anilines is 2. The SMILES string of the molecule is CC1(C)CC(C)(C)C1(Oc1ccc(C#N)c(Cl)c1)N1C=C(C(N)=O)C=NC1N1CCC(CN2CCN(c3ccn4c(N5CCC(=O)NC5=O)cnc4c3)CC2)CC1. The summed E-state index contributed by atoms with van der Waals surface area (Å²) in [4.78, 5) is 57.2. The summed E-state index contributed by atoms with van der Waals surface area (Å²) in [6.45, 7) is 15.5. The van der Waals surface area contributed by atoms with Crippen molar-refractivity contribution < 1.29 is 19.1 Å². The van der Waals surface area contributed by atoms with Crippen LogP contribution in [0.4, 0.5) is 16.3 Å². The Labute approximate surface area is 337 Å². The third-order valence-electron chi connectivity index (χ3n) is 12.6. The van der Waals surface area contributed by atoms with Crippen LogP contribution in [0.3, 0.4) is 0 Å². The van der Waals surface area contributed by atoms with Crippen LogP contribution in [0.1, 0.15) is 58.9 Å². The third kappa shape index (κ3) is 6.87.